The van der Waals surface area contributed by atoms with E-state index in [0.29, 0.717) is 11.3 Å². The number of allylic oxidation sites excluding steroid dienone is 5. The van der Waals surface area contributed by atoms with Crippen LogP contribution in [0.1, 0.15) is 173 Å². The molecule has 1 aliphatic carbocycles. The summed E-state index contributed by atoms with van der Waals surface area (Å²) in [6.45, 7) is 31.9. The molecule has 0 amide bonds. The Morgan fingerprint density at radius 2 is 1.36 bits per heavy atom. The second-order valence-electron chi connectivity index (χ2n) is 13.0. The van der Waals surface area contributed by atoms with Gasteiger partial charge in [0.15, 0.2) is 0 Å². The number of hydrogen-bond acceptors (Lipinski definition) is 0. The second-order valence-corrected chi connectivity index (χ2v) is 13.0. The third-order valence-corrected chi connectivity index (χ3v) is 9.23. The Hall–Kier alpha value is -2.60. The van der Waals surface area contributed by atoms with Crippen LogP contribution in [0.2, 0.25) is 0 Å². The lowest BCUT2D eigenvalue weighted by Crippen LogP contribution is -2.39. The van der Waals surface area contributed by atoms with Gasteiger partial charge in [0.05, 0.1) is 0 Å². The van der Waals surface area contributed by atoms with Crippen molar-refractivity contribution in [2.45, 2.75) is 170 Å². The molecule has 3 rings (SSSR count). The summed E-state index contributed by atoms with van der Waals surface area (Å²) in [6, 6.07) is 16.8. The van der Waals surface area contributed by atoms with Gasteiger partial charge in [-0.1, -0.05) is 199 Å². The van der Waals surface area contributed by atoms with E-state index >= 15 is 0 Å². The molecule has 0 aromatic heterocycles. The standard InChI is InChI=1S/C26H36.C9H14.C8H18.C2H6.C2H4/c1-5-7-10-22-13-14-23(9-6-2)25(19-22)21(4)26(17-8-18-26)24-15-11-20(3)12-16-24;1-3-5-7-9-8-6-4-2;1-4-6-8(3)7-5-2;2*1-2/h11-16,19,21H,5-10,17-18H2,1-4H3;3,5,7-9H,1,4,6H2,2H3;8H,4-7H2,1-3H3;1-2H3;1-2H2/b;7-5-,9-8-;;;. The molecule has 0 saturated heterocycles. The molecule has 1 atom stereocenters. The van der Waals surface area contributed by atoms with Gasteiger partial charge >= 0.3 is 0 Å². The van der Waals surface area contributed by atoms with Crippen molar-refractivity contribution in [1.29, 1.82) is 0 Å². The van der Waals surface area contributed by atoms with E-state index < -0.39 is 0 Å². The van der Waals surface area contributed by atoms with E-state index in [4.69, 9.17) is 0 Å². The first-order valence-electron chi connectivity index (χ1n) is 19.5. The Morgan fingerprint density at radius 1 is 0.745 bits per heavy atom. The highest BCUT2D eigenvalue weighted by Gasteiger charge is 2.44. The predicted molar refractivity (Wildman–Crippen MR) is 219 cm³/mol. The van der Waals surface area contributed by atoms with E-state index in [-0.39, 0.29) is 0 Å². The topological polar surface area (TPSA) is 0 Å². The van der Waals surface area contributed by atoms with Gasteiger partial charge in [-0.05, 0) is 79.5 Å². The van der Waals surface area contributed by atoms with Crippen LogP contribution in [-0.4, -0.2) is 0 Å². The van der Waals surface area contributed by atoms with Gasteiger partial charge in [0, 0.05) is 5.41 Å². The summed E-state index contributed by atoms with van der Waals surface area (Å²) in [7, 11) is 0. The molecule has 0 nitrogen and oxygen atoms in total. The number of benzene rings is 2. The summed E-state index contributed by atoms with van der Waals surface area (Å²) in [5, 5.41) is 0. The van der Waals surface area contributed by atoms with Crippen LogP contribution < -0.4 is 0 Å². The SMILES string of the molecule is C=C.C=C/C=C\C=C/CCC.CC.CCCC(C)CCC.CCCCc1ccc(CCC)c(C(C)C2(c3ccc(C)cc3)CCC2)c1. The monoisotopic (exact) mass is 643 g/mol. The number of aryl methyl sites for hydroxylation is 3. The smallest absolute Gasteiger partial charge is 0.00191 e. The van der Waals surface area contributed by atoms with Crippen molar-refractivity contribution in [3.63, 3.8) is 0 Å². The van der Waals surface area contributed by atoms with Crippen LogP contribution in [0, 0.1) is 12.8 Å². The van der Waals surface area contributed by atoms with Crippen LogP contribution >= 0.6 is 0 Å². The zero-order valence-electron chi connectivity index (χ0n) is 33.1. The zero-order valence-corrected chi connectivity index (χ0v) is 33.1. The average Bonchev–Trinajstić information content (AvgIpc) is 3.07. The van der Waals surface area contributed by atoms with Crippen molar-refractivity contribution in [1.82, 2.24) is 0 Å². The Balaban J connectivity index is 0. The van der Waals surface area contributed by atoms with Crippen LogP contribution in [0.25, 0.3) is 0 Å². The van der Waals surface area contributed by atoms with Crippen molar-refractivity contribution in [3.05, 3.63) is 120 Å². The van der Waals surface area contributed by atoms with E-state index in [1.165, 1.54) is 101 Å². The Kier molecular flexibility index (Phi) is 30.4. The van der Waals surface area contributed by atoms with Gasteiger partial charge in [-0.3, -0.25) is 0 Å². The normalized spacial score (nSPS) is 13.5. The second kappa shape index (κ2) is 30.7. The van der Waals surface area contributed by atoms with E-state index in [0.717, 1.165) is 5.92 Å². The van der Waals surface area contributed by atoms with Gasteiger partial charge in [-0.15, -0.1) is 13.2 Å². The molecule has 1 saturated carbocycles. The van der Waals surface area contributed by atoms with Crippen LogP contribution in [0.5, 0.6) is 0 Å². The molecule has 2 aromatic rings. The molecule has 1 unspecified atom stereocenters. The van der Waals surface area contributed by atoms with E-state index in [1.54, 1.807) is 22.8 Å². The van der Waals surface area contributed by atoms with Crippen molar-refractivity contribution in [2.75, 3.05) is 0 Å². The highest BCUT2D eigenvalue weighted by molar-refractivity contribution is 5.42. The summed E-state index contributed by atoms with van der Waals surface area (Å²) in [6.07, 6.45) is 28.1. The molecule has 0 bridgehead atoms. The highest BCUT2D eigenvalue weighted by atomic mass is 14.5. The maximum Gasteiger partial charge on any atom is 0.00191 e. The minimum absolute atomic E-state index is 0.347. The summed E-state index contributed by atoms with van der Waals surface area (Å²) in [5.74, 6) is 1.56. The molecule has 0 spiro atoms. The Morgan fingerprint density at radius 3 is 1.83 bits per heavy atom. The fraction of sp³-hybridized carbons (Fsp3) is 0.574. The van der Waals surface area contributed by atoms with Gasteiger partial charge in [0.1, 0.15) is 0 Å². The van der Waals surface area contributed by atoms with Crippen molar-refractivity contribution < 1.29 is 0 Å². The number of unbranched alkanes of at least 4 members (excludes halogenated alkanes) is 2. The summed E-state index contributed by atoms with van der Waals surface area (Å²) < 4.78 is 0. The molecule has 2 aromatic carbocycles. The molecule has 266 valence electrons. The van der Waals surface area contributed by atoms with Gasteiger partial charge < -0.3 is 0 Å². The minimum Gasteiger partial charge on any atom is -0.106 e. The molecular formula is C47H78. The van der Waals surface area contributed by atoms with E-state index in [1.807, 2.05) is 32.1 Å². The number of rotatable bonds is 16. The predicted octanol–water partition coefficient (Wildman–Crippen LogP) is 15.7. The number of hydrogen-bond donors (Lipinski definition) is 0. The fourth-order valence-corrected chi connectivity index (χ4v) is 6.41. The summed E-state index contributed by atoms with van der Waals surface area (Å²) in [5.41, 5.74) is 8.01. The Bertz CT molecular complexity index is 1040. The summed E-state index contributed by atoms with van der Waals surface area (Å²) in [4.78, 5) is 0. The maximum atomic E-state index is 3.56. The molecule has 1 aliphatic rings. The zero-order chi connectivity index (χ0) is 35.9. The molecule has 47 heavy (non-hydrogen) atoms. The van der Waals surface area contributed by atoms with Gasteiger partial charge in [-0.25, -0.2) is 0 Å². The highest BCUT2D eigenvalue weighted by Crippen LogP contribution is 2.53. The average molecular weight is 643 g/mol. The van der Waals surface area contributed by atoms with Crippen LogP contribution in [0.15, 0.2) is 92.6 Å². The molecule has 0 N–H and O–H groups in total. The van der Waals surface area contributed by atoms with Crippen LogP contribution in [0.3, 0.4) is 0 Å². The summed E-state index contributed by atoms with van der Waals surface area (Å²) >= 11 is 0. The van der Waals surface area contributed by atoms with Gasteiger partial charge in [-0.2, -0.15) is 0 Å². The van der Waals surface area contributed by atoms with Crippen molar-refractivity contribution in [3.8, 4) is 0 Å². The molecule has 0 aliphatic heterocycles. The largest absolute Gasteiger partial charge is 0.106 e. The maximum absolute atomic E-state index is 3.56. The van der Waals surface area contributed by atoms with Crippen molar-refractivity contribution in [2.24, 2.45) is 5.92 Å². The lowest BCUT2D eigenvalue weighted by molar-refractivity contribution is 0.202. The first-order chi connectivity index (χ1) is 22.8. The minimum atomic E-state index is 0.347. The lowest BCUT2D eigenvalue weighted by atomic mass is 9.56. The Labute approximate surface area is 296 Å². The molecule has 0 radical (unpaired) electrons. The molecule has 1 fully saturated rings. The van der Waals surface area contributed by atoms with E-state index in [2.05, 4.69) is 124 Å². The van der Waals surface area contributed by atoms with Crippen LogP contribution in [0.4, 0.5) is 0 Å². The molecule has 0 heterocycles. The first-order valence-corrected chi connectivity index (χ1v) is 19.5. The van der Waals surface area contributed by atoms with Crippen LogP contribution in [-0.2, 0) is 18.3 Å². The third-order valence-electron chi connectivity index (χ3n) is 9.23. The van der Waals surface area contributed by atoms with Crippen molar-refractivity contribution >= 4 is 0 Å². The fourth-order valence-electron chi connectivity index (χ4n) is 6.41. The van der Waals surface area contributed by atoms with Gasteiger partial charge in [0.25, 0.3) is 0 Å². The quantitative estimate of drug-likeness (QED) is 0.126. The van der Waals surface area contributed by atoms with E-state index in [9.17, 15) is 0 Å². The molecule has 0 heteroatoms. The first kappa shape index (κ1) is 46.5. The molecular weight excluding hydrogens is 565 g/mol. The third kappa shape index (κ3) is 18.5. The van der Waals surface area contributed by atoms with Gasteiger partial charge in [0.2, 0.25) is 0 Å². The lowest BCUT2D eigenvalue weighted by Gasteiger charge is -2.48.